The van der Waals surface area contributed by atoms with E-state index in [9.17, 15) is 44.0 Å². The predicted octanol–water partition coefficient (Wildman–Crippen LogP) is -3.46. The van der Waals surface area contributed by atoms with Crippen molar-refractivity contribution in [3.8, 4) is 0 Å². The molecule has 0 aromatic carbocycles. The number of aromatic nitrogens is 2. The summed E-state index contributed by atoms with van der Waals surface area (Å²) in [6.45, 7) is -0.224. The maximum absolute atomic E-state index is 12.3. The Morgan fingerprint density at radius 3 is 2.36 bits per heavy atom. The van der Waals surface area contributed by atoms with Crippen LogP contribution >= 0.6 is 15.6 Å². The lowest BCUT2D eigenvalue weighted by molar-refractivity contribution is -0.314. The summed E-state index contributed by atoms with van der Waals surface area (Å²) in [4.78, 5) is 53.1. The number of rotatable bonds is 9. The minimum Gasteiger partial charge on any atom is -0.394 e. The maximum atomic E-state index is 12.3. The molecule has 0 aliphatic carbocycles. The molecule has 0 saturated carbocycles. The van der Waals surface area contributed by atoms with Crippen molar-refractivity contribution < 1.29 is 67.3 Å². The molecule has 3 rings (SSSR count). The van der Waals surface area contributed by atoms with E-state index >= 15 is 0 Å². The summed E-state index contributed by atoms with van der Waals surface area (Å²) in [5, 5.41) is 39.5. The first-order valence-electron chi connectivity index (χ1n) is 10.3. The van der Waals surface area contributed by atoms with Gasteiger partial charge in [-0.2, -0.15) is 4.31 Å². The summed E-state index contributed by atoms with van der Waals surface area (Å²) in [7, 11) is -10.7. The number of ether oxygens (including phenoxy) is 3. The normalized spacial score (nSPS) is 35.0. The largest absolute Gasteiger partial charge is 0.481 e. The number of nitrogens with zero attached hydrogens (tertiary/aromatic N) is 1. The Kier molecular flexibility index (Phi) is 9.08. The molecule has 2 aliphatic rings. The van der Waals surface area contributed by atoms with E-state index in [1.807, 2.05) is 0 Å². The topological polar surface area (TPSA) is 277 Å². The Balaban J connectivity index is 1.84. The van der Waals surface area contributed by atoms with E-state index in [1.54, 1.807) is 0 Å². The Hall–Kier alpha value is -1.34. The highest BCUT2D eigenvalue weighted by Gasteiger charge is 2.48. The van der Waals surface area contributed by atoms with Gasteiger partial charge in [0.05, 0.1) is 19.3 Å². The van der Waals surface area contributed by atoms with Crippen molar-refractivity contribution in [1.29, 1.82) is 0 Å². The van der Waals surface area contributed by atoms with Crippen LogP contribution in [0.15, 0.2) is 15.8 Å². The van der Waals surface area contributed by atoms with E-state index in [1.165, 1.54) is 13.1 Å². The van der Waals surface area contributed by atoms with Crippen molar-refractivity contribution in [1.82, 2.24) is 9.55 Å². The summed E-state index contributed by atoms with van der Waals surface area (Å²) < 4.78 is 48.6. The fourth-order valence-corrected chi connectivity index (χ4v) is 5.24. The van der Waals surface area contributed by atoms with Crippen LogP contribution in [0.25, 0.3) is 0 Å². The number of aromatic amines is 1. The lowest BCUT2D eigenvalue weighted by Crippen LogP contribution is -2.60. The second-order valence-corrected chi connectivity index (χ2v) is 10.9. The zero-order valence-corrected chi connectivity index (χ0v) is 20.3. The first-order chi connectivity index (χ1) is 16.6. The van der Waals surface area contributed by atoms with Crippen LogP contribution in [0.2, 0.25) is 0 Å². The number of aliphatic hydroxyl groups excluding tert-OH is 4. The Morgan fingerprint density at radius 1 is 1.08 bits per heavy atom. The minimum absolute atomic E-state index is 0.138. The molecule has 36 heavy (non-hydrogen) atoms. The molecule has 18 nitrogen and oxygen atoms in total. The summed E-state index contributed by atoms with van der Waals surface area (Å²) in [5.41, 5.74) is -1.39. The summed E-state index contributed by atoms with van der Waals surface area (Å²) in [6, 6.07) is 0. The summed E-state index contributed by atoms with van der Waals surface area (Å²) >= 11 is 0. The average molecular weight is 564 g/mol. The quantitative estimate of drug-likeness (QED) is 0.135. The smallest absolute Gasteiger partial charge is 0.394 e. The van der Waals surface area contributed by atoms with Crippen molar-refractivity contribution in [2.24, 2.45) is 0 Å². The first kappa shape index (κ1) is 29.2. The lowest BCUT2D eigenvalue weighted by Gasteiger charge is -2.40. The highest BCUT2D eigenvalue weighted by molar-refractivity contribution is 7.60. The molecule has 1 aromatic heterocycles. The van der Waals surface area contributed by atoms with E-state index in [0.717, 1.165) is 4.57 Å². The van der Waals surface area contributed by atoms with Gasteiger partial charge in [-0.3, -0.25) is 18.9 Å². The van der Waals surface area contributed by atoms with Crippen LogP contribution in [0.1, 0.15) is 18.2 Å². The molecule has 1 unspecified atom stereocenters. The zero-order chi connectivity index (χ0) is 27.0. The molecule has 0 amide bonds. The van der Waals surface area contributed by atoms with Gasteiger partial charge in [0.15, 0.2) is 6.29 Å². The predicted molar refractivity (Wildman–Crippen MR) is 112 cm³/mol. The Bertz CT molecular complexity index is 1130. The molecule has 0 spiro atoms. The first-order valence-corrected chi connectivity index (χ1v) is 13.3. The van der Waals surface area contributed by atoms with E-state index in [4.69, 9.17) is 24.0 Å². The molecule has 2 aliphatic heterocycles. The van der Waals surface area contributed by atoms with E-state index < -0.39 is 89.2 Å². The highest BCUT2D eigenvalue weighted by atomic mass is 31.3. The van der Waals surface area contributed by atoms with Crippen LogP contribution in [-0.4, -0.2) is 101 Å². The van der Waals surface area contributed by atoms with E-state index in [0.29, 0.717) is 0 Å². The summed E-state index contributed by atoms with van der Waals surface area (Å²) in [5.74, 6) is 0. The molecule has 2 saturated heterocycles. The fraction of sp³-hybridized carbons (Fsp3) is 0.750. The average Bonchev–Trinajstić information content (AvgIpc) is 3.16. The molecule has 2 fully saturated rings. The number of phosphoric acid groups is 2. The zero-order valence-electron chi connectivity index (χ0n) is 18.5. The number of hydrogen-bond acceptors (Lipinski definition) is 13. The number of H-pyrrole nitrogens is 1. The van der Waals surface area contributed by atoms with Gasteiger partial charge in [-0.1, -0.05) is 0 Å². The van der Waals surface area contributed by atoms with Gasteiger partial charge < -0.3 is 49.3 Å². The Labute approximate surface area is 201 Å². The number of aliphatic hydroxyl groups is 4. The third-order valence-corrected chi connectivity index (χ3v) is 7.56. The van der Waals surface area contributed by atoms with Gasteiger partial charge in [0, 0.05) is 18.2 Å². The van der Waals surface area contributed by atoms with Gasteiger partial charge in [0.1, 0.15) is 36.7 Å². The van der Waals surface area contributed by atoms with Crippen molar-refractivity contribution >= 4 is 15.6 Å². The number of hydrogen-bond donors (Lipinski definition) is 8. The molecule has 206 valence electrons. The van der Waals surface area contributed by atoms with Crippen LogP contribution in [0.3, 0.4) is 0 Å². The third kappa shape index (κ3) is 6.94. The standard InChI is InChI=1S/C16H26N2O16P2/c1-6-3-18(16(24)17-14(6)23)10-2-7(9(31-10)5-30-36(28,29)34-35(25,26)27)32-15-13(22)12(21)11(20)8(4-19)33-15/h3,7-13,15,19-22H,2,4-5H2,1H3,(H,28,29)(H,17,23,24)(H2,25,26,27)/t7-,8-,9+,10+,11-,12+,13-,15+/m1/s1. The number of nitrogens with one attached hydrogen (secondary N) is 1. The second-order valence-electron chi connectivity index (χ2n) is 8.05. The number of aryl methyl sites for hydroxylation is 1. The lowest BCUT2D eigenvalue weighted by atomic mass is 9.99. The van der Waals surface area contributed by atoms with E-state index in [-0.39, 0.29) is 12.0 Å². The molecule has 3 heterocycles. The minimum atomic E-state index is -5.42. The van der Waals surface area contributed by atoms with Crippen molar-refractivity contribution in [3.63, 3.8) is 0 Å². The van der Waals surface area contributed by atoms with Gasteiger partial charge in [-0.25, -0.2) is 13.9 Å². The van der Waals surface area contributed by atoms with Crippen LogP contribution in [0.4, 0.5) is 0 Å². The SMILES string of the molecule is Cc1cn([C@@H]2C[C@@H](O[C@H]3O[C@H](CO)[C@@H](O)[C@H](O)[C@H]3O)[C@H](COP(=O)(O)OP(=O)(O)O)O2)c(=O)[nH]c1=O. The summed E-state index contributed by atoms with van der Waals surface area (Å²) in [6.07, 6.45) is -11.1. The third-order valence-electron chi connectivity index (χ3n) is 5.41. The molecular weight excluding hydrogens is 538 g/mol. The molecule has 1 aromatic rings. The van der Waals surface area contributed by atoms with Crippen LogP contribution in [0, 0.1) is 6.92 Å². The molecule has 0 bridgehead atoms. The van der Waals surface area contributed by atoms with Crippen molar-refractivity contribution in [3.05, 3.63) is 32.6 Å². The van der Waals surface area contributed by atoms with Crippen molar-refractivity contribution in [2.75, 3.05) is 13.2 Å². The molecule has 0 radical (unpaired) electrons. The van der Waals surface area contributed by atoms with Gasteiger partial charge in [-0.15, -0.1) is 0 Å². The van der Waals surface area contributed by atoms with Crippen LogP contribution in [0.5, 0.6) is 0 Å². The Morgan fingerprint density at radius 2 is 1.75 bits per heavy atom. The maximum Gasteiger partial charge on any atom is 0.481 e. The monoisotopic (exact) mass is 564 g/mol. The van der Waals surface area contributed by atoms with E-state index in [2.05, 4.69) is 13.8 Å². The van der Waals surface area contributed by atoms with Crippen LogP contribution in [-0.2, 0) is 32.2 Å². The van der Waals surface area contributed by atoms with Gasteiger partial charge >= 0.3 is 21.3 Å². The molecular formula is C16H26N2O16P2. The van der Waals surface area contributed by atoms with Gasteiger partial charge in [0.25, 0.3) is 5.56 Å². The second kappa shape index (κ2) is 11.2. The van der Waals surface area contributed by atoms with Gasteiger partial charge in [0.2, 0.25) is 0 Å². The van der Waals surface area contributed by atoms with Gasteiger partial charge in [-0.05, 0) is 6.92 Å². The number of phosphoric ester groups is 1. The van der Waals surface area contributed by atoms with Crippen molar-refractivity contribution in [2.45, 2.75) is 62.5 Å². The highest BCUT2D eigenvalue weighted by Crippen LogP contribution is 2.57. The molecule has 20 heteroatoms. The fourth-order valence-electron chi connectivity index (χ4n) is 3.64. The van der Waals surface area contributed by atoms with Crippen LogP contribution < -0.4 is 11.2 Å². The molecule has 8 N–H and O–H groups in total. The molecule has 9 atom stereocenters.